The van der Waals surface area contributed by atoms with Crippen molar-refractivity contribution >= 4 is 5.91 Å². The predicted octanol–water partition coefficient (Wildman–Crippen LogP) is 2.36. The smallest absolute Gasteiger partial charge is 0.247 e. The highest BCUT2D eigenvalue weighted by Gasteiger charge is 2.36. The maximum atomic E-state index is 13.0. The highest BCUT2D eigenvalue weighted by Crippen LogP contribution is 2.27. The van der Waals surface area contributed by atoms with Gasteiger partial charge in [0.1, 0.15) is 0 Å². The van der Waals surface area contributed by atoms with E-state index in [0.29, 0.717) is 42.2 Å². The van der Waals surface area contributed by atoms with Gasteiger partial charge in [-0.1, -0.05) is 6.92 Å². The van der Waals surface area contributed by atoms with Gasteiger partial charge in [-0.25, -0.2) is 0 Å². The van der Waals surface area contributed by atoms with Gasteiger partial charge in [-0.3, -0.25) is 9.69 Å². The molecule has 1 heterocycles. The van der Waals surface area contributed by atoms with Crippen LogP contribution in [0.1, 0.15) is 32.6 Å². The Morgan fingerprint density at radius 3 is 2.50 bits per heavy atom. The van der Waals surface area contributed by atoms with Crippen molar-refractivity contribution < 1.29 is 23.7 Å². The number of nitrogens with one attached hydrogen (secondary N) is 1. The van der Waals surface area contributed by atoms with E-state index in [1.807, 2.05) is 6.08 Å². The molecule has 1 aliphatic heterocycles. The summed E-state index contributed by atoms with van der Waals surface area (Å²) in [5.41, 5.74) is 0.602. The Hall–Kier alpha value is -1.99. The number of hydrogen-bond acceptors (Lipinski definition) is 6. The second kappa shape index (κ2) is 10.5. The highest BCUT2D eigenvalue weighted by atomic mass is 16.5. The van der Waals surface area contributed by atoms with Crippen molar-refractivity contribution in [2.24, 2.45) is 0 Å². The second-order valence-corrected chi connectivity index (χ2v) is 7.12. The molecule has 2 rings (SSSR count). The molecule has 0 radical (unpaired) electrons. The maximum absolute atomic E-state index is 13.0. The number of ether oxygens (including phenoxy) is 4. The molecule has 1 N–H and O–H groups in total. The molecule has 1 amide bonds. The summed E-state index contributed by atoms with van der Waals surface area (Å²) in [7, 11) is 6.82. The maximum Gasteiger partial charge on any atom is 0.247 e. The summed E-state index contributed by atoms with van der Waals surface area (Å²) in [4.78, 5) is 15.3. The van der Waals surface area contributed by atoms with Crippen LogP contribution in [-0.2, 0) is 23.7 Å². The number of carbonyl (C=O) groups excluding carboxylic acids is 1. The molecule has 0 aromatic heterocycles. The number of rotatable bonds is 8. The SMILES string of the molecule is CCN(C)C1(CNC(=O)/C2=C/C(OC)=C(OC)\C(OC)=C/CC2)CCOCC1. The molecule has 0 saturated carbocycles. The molecule has 1 aliphatic carbocycles. The first-order valence-corrected chi connectivity index (χ1v) is 9.85. The molecule has 7 heteroatoms. The van der Waals surface area contributed by atoms with Crippen LogP contribution < -0.4 is 5.32 Å². The quantitative estimate of drug-likeness (QED) is 0.682. The zero-order valence-corrected chi connectivity index (χ0v) is 17.8. The number of methoxy groups -OCH3 is 3. The molecule has 0 atom stereocenters. The van der Waals surface area contributed by atoms with Crippen molar-refractivity contribution in [2.45, 2.75) is 38.1 Å². The summed E-state index contributed by atoms with van der Waals surface area (Å²) in [5.74, 6) is 1.50. The summed E-state index contributed by atoms with van der Waals surface area (Å²) in [6, 6.07) is 0. The third-order valence-corrected chi connectivity index (χ3v) is 5.72. The van der Waals surface area contributed by atoms with Crippen LogP contribution in [0.4, 0.5) is 0 Å². The fourth-order valence-corrected chi connectivity index (χ4v) is 3.72. The molecule has 0 bridgehead atoms. The van der Waals surface area contributed by atoms with Gasteiger partial charge in [0, 0.05) is 30.9 Å². The van der Waals surface area contributed by atoms with E-state index in [4.69, 9.17) is 18.9 Å². The van der Waals surface area contributed by atoms with E-state index in [1.165, 1.54) is 0 Å². The van der Waals surface area contributed by atoms with Gasteiger partial charge in [0.05, 0.1) is 21.3 Å². The van der Waals surface area contributed by atoms with Crippen molar-refractivity contribution in [2.75, 3.05) is 54.7 Å². The van der Waals surface area contributed by atoms with Crippen LogP contribution in [0.2, 0.25) is 0 Å². The predicted molar refractivity (Wildman–Crippen MR) is 108 cm³/mol. The second-order valence-electron chi connectivity index (χ2n) is 7.12. The lowest BCUT2D eigenvalue weighted by Gasteiger charge is -2.44. The van der Waals surface area contributed by atoms with Crippen molar-refractivity contribution in [3.05, 3.63) is 35.0 Å². The van der Waals surface area contributed by atoms with E-state index >= 15 is 0 Å². The molecule has 0 aromatic rings. The van der Waals surface area contributed by atoms with Crippen LogP contribution in [-0.4, -0.2) is 71.0 Å². The van der Waals surface area contributed by atoms with Crippen LogP contribution in [0.3, 0.4) is 0 Å². The van der Waals surface area contributed by atoms with Gasteiger partial charge in [0.15, 0.2) is 11.5 Å². The van der Waals surface area contributed by atoms with Crippen LogP contribution in [0, 0.1) is 0 Å². The monoisotopic (exact) mass is 394 g/mol. The average Bonchev–Trinajstić information content (AvgIpc) is 2.72. The Labute approximate surface area is 168 Å². The van der Waals surface area contributed by atoms with E-state index in [-0.39, 0.29) is 11.4 Å². The molecular formula is C21H34N2O5. The zero-order chi connectivity index (χ0) is 20.6. The van der Waals surface area contributed by atoms with Crippen molar-refractivity contribution in [3.8, 4) is 0 Å². The fourth-order valence-electron chi connectivity index (χ4n) is 3.72. The molecule has 0 spiro atoms. The molecule has 0 aromatic carbocycles. The summed E-state index contributed by atoms with van der Waals surface area (Å²) >= 11 is 0. The van der Waals surface area contributed by atoms with E-state index in [0.717, 1.165) is 32.6 Å². The zero-order valence-electron chi connectivity index (χ0n) is 17.8. The minimum atomic E-state index is -0.0744. The first-order valence-electron chi connectivity index (χ1n) is 9.85. The number of hydrogen-bond donors (Lipinski definition) is 1. The number of likely N-dealkylation sites (N-methyl/N-ethyl adjacent to an activating group) is 1. The highest BCUT2D eigenvalue weighted by molar-refractivity contribution is 5.94. The Balaban J connectivity index is 2.18. The lowest BCUT2D eigenvalue weighted by atomic mass is 9.88. The fraction of sp³-hybridized carbons (Fsp3) is 0.667. The normalized spacial score (nSPS) is 26.2. The molecule has 1 fully saturated rings. The van der Waals surface area contributed by atoms with Gasteiger partial charge in [0.2, 0.25) is 11.7 Å². The number of amides is 1. The van der Waals surface area contributed by atoms with E-state index in [2.05, 4.69) is 24.2 Å². The first kappa shape index (κ1) is 22.3. The average molecular weight is 395 g/mol. The lowest BCUT2D eigenvalue weighted by molar-refractivity contribution is -0.118. The van der Waals surface area contributed by atoms with E-state index in [1.54, 1.807) is 27.4 Å². The molecule has 2 aliphatic rings. The Bertz CT molecular complexity index is 633. The van der Waals surface area contributed by atoms with E-state index < -0.39 is 0 Å². The molecule has 1 saturated heterocycles. The third kappa shape index (κ3) is 5.08. The Kier molecular flexibility index (Phi) is 8.38. The van der Waals surface area contributed by atoms with Crippen LogP contribution in [0.15, 0.2) is 35.0 Å². The van der Waals surface area contributed by atoms with Gasteiger partial charge < -0.3 is 24.3 Å². The van der Waals surface area contributed by atoms with Crippen LogP contribution in [0.5, 0.6) is 0 Å². The topological polar surface area (TPSA) is 69.3 Å². The van der Waals surface area contributed by atoms with E-state index in [9.17, 15) is 4.79 Å². The third-order valence-electron chi connectivity index (χ3n) is 5.72. The van der Waals surface area contributed by atoms with Crippen molar-refractivity contribution in [3.63, 3.8) is 0 Å². The summed E-state index contributed by atoms with van der Waals surface area (Å²) in [6.45, 7) is 5.11. The summed E-state index contributed by atoms with van der Waals surface area (Å²) in [5, 5.41) is 3.15. The van der Waals surface area contributed by atoms with Gasteiger partial charge in [-0.15, -0.1) is 0 Å². The number of carbonyl (C=O) groups is 1. The number of nitrogens with zero attached hydrogens (tertiary/aromatic N) is 1. The number of allylic oxidation sites excluding steroid dienone is 2. The van der Waals surface area contributed by atoms with Crippen LogP contribution in [0.25, 0.3) is 0 Å². The van der Waals surface area contributed by atoms with Crippen LogP contribution >= 0.6 is 0 Å². The molecule has 28 heavy (non-hydrogen) atoms. The van der Waals surface area contributed by atoms with Crippen molar-refractivity contribution in [1.82, 2.24) is 10.2 Å². The van der Waals surface area contributed by atoms with Gasteiger partial charge >= 0.3 is 0 Å². The Morgan fingerprint density at radius 1 is 1.21 bits per heavy atom. The summed E-state index contributed by atoms with van der Waals surface area (Å²) < 4.78 is 21.8. The molecule has 0 unspecified atom stereocenters. The Morgan fingerprint density at radius 2 is 1.93 bits per heavy atom. The minimum absolute atomic E-state index is 0.0639. The molecule has 158 valence electrons. The molecule has 7 nitrogen and oxygen atoms in total. The van der Waals surface area contributed by atoms with Gasteiger partial charge in [-0.05, 0) is 51.4 Å². The van der Waals surface area contributed by atoms with Gasteiger partial charge in [-0.2, -0.15) is 0 Å². The minimum Gasteiger partial charge on any atom is -0.493 e. The molecular weight excluding hydrogens is 360 g/mol. The lowest BCUT2D eigenvalue weighted by Crippen LogP contribution is -2.57. The first-order chi connectivity index (χ1) is 13.5. The summed E-state index contributed by atoms with van der Waals surface area (Å²) in [6.07, 6.45) is 6.77. The van der Waals surface area contributed by atoms with Gasteiger partial charge in [0.25, 0.3) is 0 Å². The largest absolute Gasteiger partial charge is 0.493 e. The van der Waals surface area contributed by atoms with Crippen molar-refractivity contribution in [1.29, 1.82) is 0 Å². The standard InChI is InChI=1S/C21H34N2O5/c1-6-23(2)21(10-12-28-13-11-21)15-22-20(24)16-8-7-9-17(25-3)19(27-5)18(14-16)26-4/h9,14H,6-8,10-13,15H2,1-5H3,(H,22,24)/b16-14+,17-9+,19-18-.